The van der Waals surface area contributed by atoms with Crippen LogP contribution in [0.5, 0.6) is 0 Å². The minimum Gasteiger partial charge on any atom is -1.00 e. The van der Waals surface area contributed by atoms with Gasteiger partial charge in [0.15, 0.2) is 0 Å². The minimum absolute atomic E-state index is 0. The molecule has 0 aromatic heterocycles. The first-order valence-corrected chi connectivity index (χ1v) is 8.66. The van der Waals surface area contributed by atoms with Crippen molar-refractivity contribution in [2.75, 3.05) is 19.8 Å². The normalized spacial score (nSPS) is 9.58. The van der Waals surface area contributed by atoms with E-state index in [1.807, 2.05) is 0 Å². The van der Waals surface area contributed by atoms with Crippen LogP contribution in [0.3, 0.4) is 0 Å². The predicted octanol–water partition coefficient (Wildman–Crippen LogP) is 0.578. The van der Waals surface area contributed by atoms with E-state index in [9.17, 15) is 9.59 Å². The van der Waals surface area contributed by atoms with Gasteiger partial charge in [-0.15, -0.1) is 0 Å². The van der Waals surface area contributed by atoms with E-state index in [0.29, 0.717) is 6.61 Å². The van der Waals surface area contributed by atoms with E-state index < -0.39 is 25.2 Å². The fraction of sp³-hybridized carbons (Fsp3) is 0.882. The standard InChI is InChI=1S/C13H28O.C4H6O5.Na.H/c1-2-3-4-5-6-7-8-9-10-11-12-13-14;5-3(6)1-9-2-4(7)8;;/h14H,2-13H2,1H3;1-2H2,(H,5,6)(H,7,8);;/q;;+1;-1. The van der Waals surface area contributed by atoms with Crippen LogP contribution < -0.4 is 29.6 Å². The van der Waals surface area contributed by atoms with Crippen molar-refractivity contribution in [1.82, 2.24) is 0 Å². The summed E-state index contributed by atoms with van der Waals surface area (Å²) in [7, 11) is 0. The SMILES string of the molecule is CCCCCCCCCCCCCO.O=C(O)COCC(=O)O.[H-].[Na+]. The Morgan fingerprint density at radius 3 is 1.38 bits per heavy atom. The Morgan fingerprint density at radius 1 is 0.750 bits per heavy atom. The average Bonchev–Trinajstić information content (AvgIpc) is 2.49. The Labute approximate surface area is 169 Å². The number of hydrogen-bond acceptors (Lipinski definition) is 4. The summed E-state index contributed by atoms with van der Waals surface area (Å²) in [5.74, 6) is -2.34. The Bertz CT molecular complexity index is 254. The zero-order chi connectivity index (χ0) is 17.8. The van der Waals surface area contributed by atoms with Gasteiger partial charge in [0.2, 0.25) is 0 Å². The number of unbranched alkanes of at least 4 members (excludes halogenated alkanes) is 10. The fourth-order valence-electron chi connectivity index (χ4n) is 2.00. The van der Waals surface area contributed by atoms with Gasteiger partial charge in [-0.25, -0.2) is 9.59 Å². The van der Waals surface area contributed by atoms with Gasteiger partial charge >= 0.3 is 41.5 Å². The van der Waals surface area contributed by atoms with Crippen LogP contribution in [0.4, 0.5) is 0 Å². The van der Waals surface area contributed by atoms with Crippen molar-refractivity contribution in [2.45, 2.75) is 77.6 Å². The number of aliphatic hydroxyl groups is 1. The van der Waals surface area contributed by atoms with E-state index in [2.05, 4.69) is 11.7 Å². The summed E-state index contributed by atoms with van der Waals surface area (Å²) in [6.45, 7) is 1.51. The van der Waals surface area contributed by atoms with Gasteiger partial charge in [0.25, 0.3) is 0 Å². The molecule has 140 valence electrons. The van der Waals surface area contributed by atoms with Crippen LogP contribution in [0.25, 0.3) is 0 Å². The average molecular weight is 358 g/mol. The van der Waals surface area contributed by atoms with E-state index >= 15 is 0 Å². The van der Waals surface area contributed by atoms with Crippen molar-refractivity contribution in [3.8, 4) is 0 Å². The smallest absolute Gasteiger partial charge is 1.00 e. The van der Waals surface area contributed by atoms with Crippen molar-refractivity contribution in [3.63, 3.8) is 0 Å². The van der Waals surface area contributed by atoms with Crippen molar-refractivity contribution in [1.29, 1.82) is 0 Å². The molecule has 3 N–H and O–H groups in total. The first kappa shape index (κ1) is 28.7. The molecule has 0 aromatic carbocycles. The van der Waals surface area contributed by atoms with E-state index in [0.717, 1.165) is 6.42 Å². The molecular weight excluding hydrogens is 323 g/mol. The molecule has 0 saturated carbocycles. The van der Waals surface area contributed by atoms with Crippen molar-refractivity contribution in [2.24, 2.45) is 0 Å². The topological polar surface area (TPSA) is 104 Å². The van der Waals surface area contributed by atoms with Gasteiger partial charge in [-0.3, -0.25) is 0 Å². The minimum atomic E-state index is -1.17. The molecule has 0 aliphatic heterocycles. The van der Waals surface area contributed by atoms with Gasteiger partial charge in [0.1, 0.15) is 13.2 Å². The molecule has 0 aromatic rings. The predicted molar refractivity (Wildman–Crippen MR) is 90.7 cm³/mol. The van der Waals surface area contributed by atoms with Gasteiger partial charge in [0, 0.05) is 6.61 Å². The maximum absolute atomic E-state index is 9.66. The summed E-state index contributed by atoms with van der Waals surface area (Å²) in [5, 5.41) is 24.4. The van der Waals surface area contributed by atoms with Gasteiger partial charge in [-0.05, 0) is 6.42 Å². The molecule has 7 heteroatoms. The van der Waals surface area contributed by atoms with Crippen molar-refractivity contribution >= 4 is 11.9 Å². The number of rotatable bonds is 15. The molecule has 0 rings (SSSR count). The molecule has 0 amide bonds. The van der Waals surface area contributed by atoms with Crippen LogP contribution in [0.15, 0.2) is 0 Å². The maximum Gasteiger partial charge on any atom is 1.00 e. The zero-order valence-corrected chi connectivity index (χ0v) is 17.5. The van der Waals surface area contributed by atoms with Gasteiger partial charge in [-0.1, -0.05) is 71.1 Å². The van der Waals surface area contributed by atoms with Crippen molar-refractivity contribution < 1.29 is 60.6 Å². The second-order valence-corrected chi connectivity index (χ2v) is 5.54. The molecular formula is C17H35NaO6. The quantitative estimate of drug-likeness (QED) is 0.292. The molecule has 0 atom stereocenters. The van der Waals surface area contributed by atoms with Crippen LogP contribution in [0.1, 0.15) is 79.0 Å². The van der Waals surface area contributed by atoms with Crippen LogP contribution >= 0.6 is 0 Å². The van der Waals surface area contributed by atoms with E-state index in [1.165, 1.54) is 64.2 Å². The monoisotopic (exact) mass is 358 g/mol. The molecule has 0 heterocycles. The number of carboxylic acids is 2. The number of ether oxygens (including phenoxy) is 1. The summed E-state index contributed by atoms with van der Waals surface area (Å²) in [6, 6.07) is 0. The Hall–Kier alpha value is -0.140. The second-order valence-electron chi connectivity index (χ2n) is 5.54. The third-order valence-corrected chi connectivity index (χ3v) is 3.21. The van der Waals surface area contributed by atoms with Crippen molar-refractivity contribution in [3.05, 3.63) is 0 Å². The van der Waals surface area contributed by atoms with Crippen LogP contribution in [0, 0.1) is 0 Å². The molecule has 0 saturated heterocycles. The van der Waals surface area contributed by atoms with E-state index in [-0.39, 0.29) is 31.0 Å². The van der Waals surface area contributed by atoms with Crippen LogP contribution in [-0.4, -0.2) is 47.1 Å². The summed E-state index contributed by atoms with van der Waals surface area (Å²) in [6.07, 6.45) is 14.8. The van der Waals surface area contributed by atoms with Gasteiger partial charge < -0.3 is 21.5 Å². The molecule has 0 aliphatic carbocycles. The molecule has 0 radical (unpaired) electrons. The third-order valence-electron chi connectivity index (χ3n) is 3.21. The van der Waals surface area contributed by atoms with Crippen LogP contribution in [0.2, 0.25) is 0 Å². The van der Waals surface area contributed by atoms with Crippen LogP contribution in [-0.2, 0) is 14.3 Å². The Kier molecular flexibility index (Phi) is 30.0. The number of carbonyl (C=O) groups is 2. The molecule has 0 unspecified atom stereocenters. The Morgan fingerprint density at radius 2 is 1.08 bits per heavy atom. The largest absolute Gasteiger partial charge is 1.00 e. The summed E-state index contributed by atoms with van der Waals surface area (Å²) in [4.78, 5) is 19.3. The number of carboxylic acid groups (broad SMARTS) is 2. The fourth-order valence-corrected chi connectivity index (χ4v) is 2.00. The van der Waals surface area contributed by atoms with Gasteiger partial charge in [0.05, 0.1) is 0 Å². The van der Waals surface area contributed by atoms with E-state index in [1.54, 1.807) is 0 Å². The summed E-state index contributed by atoms with van der Waals surface area (Å²) in [5.41, 5.74) is 0. The second kappa shape index (κ2) is 25.1. The number of aliphatic carboxylic acids is 2. The first-order valence-electron chi connectivity index (χ1n) is 8.66. The zero-order valence-electron chi connectivity index (χ0n) is 16.5. The summed E-state index contributed by atoms with van der Waals surface area (Å²) < 4.78 is 4.16. The number of hydrogen-bond donors (Lipinski definition) is 3. The van der Waals surface area contributed by atoms with Gasteiger partial charge in [-0.2, -0.15) is 0 Å². The molecule has 0 aliphatic rings. The Balaban J connectivity index is -0.000000177. The van der Waals surface area contributed by atoms with E-state index in [4.69, 9.17) is 15.3 Å². The molecule has 0 fully saturated rings. The third kappa shape index (κ3) is 33.5. The molecule has 0 spiro atoms. The first-order chi connectivity index (χ1) is 11.0. The molecule has 6 nitrogen and oxygen atoms in total. The molecule has 0 bridgehead atoms. The summed E-state index contributed by atoms with van der Waals surface area (Å²) >= 11 is 0. The molecule has 24 heavy (non-hydrogen) atoms. The number of aliphatic hydroxyl groups excluding tert-OH is 1. The maximum atomic E-state index is 9.66.